The maximum absolute atomic E-state index is 9.90. The Labute approximate surface area is 61.7 Å². The van der Waals surface area contributed by atoms with Crippen molar-refractivity contribution < 1.29 is 9.59 Å². The average molecular weight is 165 g/mol. The number of carbonyl (C=O) groups excluding carboxylic acids is 2. The Hall–Kier alpha value is -0.160. The van der Waals surface area contributed by atoms with Gasteiger partial charge in [-0.15, -0.1) is 0 Å². The highest BCUT2D eigenvalue weighted by Gasteiger charge is 1.96. The summed E-state index contributed by atoms with van der Waals surface area (Å²) in [6, 6.07) is 0. The monoisotopic (exact) mass is 165 g/mol. The normalized spacial score (nSPS) is 8.56. The molecule has 5 heteroatoms. The third-order valence-corrected chi connectivity index (χ3v) is 2.69. The molecule has 0 radical (unpaired) electrons. The zero-order valence-electron chi connectivity index (χ0n) is 4.94. The molecule has 52 valence electrons. The second-order valence-electron chi connectivity index (χ2n) is 1.05. The molecule has 0 unspecified atom stereocenters. The van der Waals surface area contributed by atoms with Gasteiger partial charge in [-0.3, -0.25) is 9.59 Å². The van der Waals surface area contributed by atoms with Crippen molar-refractivity contribution in [2.24, 2.45) is 0 Å². The van der Waals surface area contributed by atoms with Crippen LogP contribution in [0.15, 0.2) is 0 Å². The highest BCUT2D eigenvalue weighted by atomic mass is 33.1. The lowest BCUT2D eigenvalue weighted by atomic mass is 11.0. The lowest BCUT2D eigenvalue weighted by Gasteiger charge is -2.02. The second-order valence-corrected chi connectivity index (χ2v) is 3.59. The highest BCUT2D eigenvalue weighted by Crippen LogP contribution is 2.21. The fourth-order valence-corrected chi connectivity index (χ4v) is 1.36. The van der Waals surface area contributed by atoms with E-state index in [1.54, 1.807) is 0 Å². The molecule has 0 saturated carbocycles. The quantitative estimate of drug-likeness (QED) is 0.345. The summed E-state index contributed by atoms with van der Waals surface area (Å²) in [5.41, 5.74) is 0. The lowest BCUT2D eigenvalue weighted by Crippen LogP contribution is -2.07. The third-order valence-electron chi connectivity index (χ3n) is 0.464. The van der Waals surface area contributed by atoms with Crippen molar-refractivity contribution in [3.05, 3.63) is 0 Å². The van der Waals surface area contributed by atoms with Crippen LogP contribution in [0, 0.1) is 0 Å². The molecule has 0 atom stereocenters. The fourth-order valence-electron chi connectivity index (χ4n) is 0.174. The maximum Gasteiger partial charge on any atom is 0.227 e. The van der Waals surface area contributed by atoms with E-state index in [9.17, 15) is 9.59 Å². The van der Waals surface area contributed by atoms with Crippen LogP contribution in [0.1, 0.15) is 6.92 Å². The number of carbonyl (C=O) groups is 2. The van der Waals surface area contributed by atoms with Gasteiger partial charge in [0, 0.05) is 16.7 Å². The molecule has 0 aliphatic heterocycles. The van der Waals surface area contributed by atoms with Crippen molar-refractivity contribution in [3.8, 4) is 0 Å². The SMILES string of the molecule is CCSSN(C=O)C=O. The van der Waals surface area contributed by atoms with Crippen molar-refractivity contribution in [2.75, 3.05) is 5.75 Å². The van der Waals surface area contributed by atoms with Crippen LogP contribution in [0.2, 0.25) is 0 Å². The minimum Gasteiger partial charge on any atom is -0.277 e. The fraction of sp³-hybridized carbons (Fsp3) is 0.500. The molecule has 0 rings (SSSR count). The Bertz CT molecular complexity index is 90.6. The van der Waals surface area contributed by atoms with Gasteiger partial charge in [0.15, 0.2) is 0 Å². The number of imide groups is 1. The van der Waals surface area contributed by atoms with Gasteiger partial charge in [0.1, 0.15) is 0 Å². The predicted octanol–water partition coefficient (Wildman–Crippen LogP) is 0.918. The summed E-state index contributed by atoms with van der Waals surface area (Å²) in [6.07, 6.45) is 0.973. The Morgan fingerprint density at radius 2 is 2.00 bits per heavy atom. The van der Waals surface area contributed by atoms with Crippen LogP contribution in [0.25, 0.3) is 0 Å². The van der Waals surface area contributed by atoms with Gasteiger partial charge in [0.2, 0.25) is 12.8 Å². The first-order valence-electron chi connectivity index (χ1n) is 2.33. The molecular formula is C4H7NO2S2. The van der Waals surface area contributed by atoms with Gasteiger partial charge in [-0.1, -0.05) is 17.7 Å². The smallest absolute Gasteiger partial charge is 0.227 e. The molecule has 0 saturated heterocycles. The van der Waals surface area contributed by atoms with Crippen LogP contribution < -0.4 is 0 Å². The number of rotatable bonds is 5. The summed E-state index contributed by atoms with van der Waals surface area (Å²) < 4.78 is 0.980. The van der Waals surface area contributed by atoms with Crippen molar-refractivity contribution >= 4 is 34.6 Å². The van der Waals surface area contributed by atoms with Crippen LogP contribution in [-0.2, 0) is 9.59 Å². The Balaban J connectivity index is 3.30. The van der Waals surface area contributed by atoms with Gasteiger partial charge in [-0.25, -0.2) is 4.31 Å². The summed E-state index contributed by atoms with van der Waals surface area (Å²) in [5, 5.41) is 0. The van der Waals surface area contributed by atoms with Gasteiger partial charge in [-0.05, 0) is 0 Å². The molecule has 0 N–H and O–H groups in total. The van der Waals surface area contributed by atoms with Gasteiger partial charge in [0.25, 0.3) is 0 Å². The van der Waals surface area contributed by atoms with E-state index in [1.807, 2.05) is 6.92 Å². The standard InChI is InChI=1S/C4H7NO2S2/c1-2-8-9-5(3-6)4-7/h3-4H,2H2,1H3. The summed E-state index contributed by atoms with van der Waals surface area (Å²) in [5.74, 6) is 0.878. The topological polar surface area (TPSA) is 37.4 Å². The predicted molar refractivity (Wildman–Crippen MR) is 39.7 cm³/mol. The molecular weight excluding hydrogens is 158 g/mol. The van der Waals surface area contributed by atoms with Gasteiger partial charge >= 0.3 is 0 Å². The molecule has 0 aromatic heterocycles. The molecule has 0 aromatic rings. The van der Waals surface area contributed by atoms with Crippen LogP contribution in [-0.4, -0.2) is 22.9 Å². The molecule has 0 aliphatic rings. The summed E-state index contributed by atoms with van der Waals surface area (Å²) >= 11 is 0. The summed E-state index contributed by atoms with van der Waals surface area (Å²) in [4.78, 5) is 19.8. The third kappa shape index (κ3) is 4.35. The number of hydrogen-bond donors (Lipinski definition) is 0. The summed E-state index contributed by atoms with van der Waals surface area (Å²) in [7, 11) is 2.58. The number of hydrogen-bond acceptors (Lipinski definition) is 4. The molecule has 0 aliphatic carbocycles. The van der Waals surface area contributed by atoms with Crippen LogP contribution in [0.5, 0.6) is 0 Å². The van der Waals surface area contributed by atoms with Crippen molar-refractivity contribution in [3.63, 3.8) is 0 Å². The number of nitrogens with zero attached hydrogens (tertiary/aromatic N) is 1. The molecule has 0 fully saturated rings. The highest BCUT2D eigenvalue weighted by molar-refractivity contribution is 8.76. The van der Waals surface area contributed by atoms with Crippen LogP contribution in [0.4, 0.5) is 0 Å². The molecule has 0 aromatic carbocycles. The van der Waals surface area contributed by atoms with Gasteiger partial charge in [-0.2, -0.15) is 0 Å². The first-order chi connectivity index (χ1) is 4.35. The minimum absolute atomic E-state index is 0.486. The minimum atomic E-state index is 0.486. The molecule has 9 heavy (non-hydrogen) atoms. The van der Waals surface area contributed by atoms with E-state index in [0.29, 0.717) is 12.8 Å². The van der Waals surface area contributed by atoms with Crippen LogP contribution >= 0.6 is 21.8 Å². The molecule has 0 bridgehead atoms. The lowest BCUT2D eigenvalue weighted by molar-refractivity contribution is -0.123. The largest absolute Gasteiger partial charge is 0.277 e. The van der Waals surface area contributed by atoms with Crippen molar-refractivity contribution in [1.29, 1.82) is 0 Å². The van der Waals surface area contributed by atoms with E-state index >= 15 is 0 Å². The van der Waals surface area contributed by atoms with E-state index in [1.165, 1.54) is 10.8 Å². The zero-order valence-corrected chi connectivity index (χ0v) is 6.58. The summed E-state index contributed by atoms with van der Waals surface area (Å²) in [6.45, 7) is 1.95. The molecule has 0 spiro atoms. The van der Waals surface area contributed by atoms with E-state index in [4.69, 9.17) is 0 Å². The molecule has 2 amide bonds. The Kier molecular flexibility index (Phi) is 5.86. The number of amides is 2. The molecule has 0 heterocycles. The van der Waals surface area contributed by atoms with Crippen molar-refractivity contribution in [1.82, 2.24) is 4.31 Å². The molecule has 3 nitrogen and oxygen atoms in total. The van der Waals surface area contributed by atoms with Gasteiger partial charge in [0.05, 0.1) is 0 Å². The second kappa shape index (κ2) is 5.97. The van der Waals surface area contributed by atoms with E-state index in [0.717, 1.165) is 21.0 Å². The van der Waals surface area contributed by atoms with Gasteiger partial charge < -0.3 is 0 Å². The Morgan fingerprint density at radius 3 is 2.33 bits per heavy atom. The van der Waals surface area contributed by atoms with E-state index in [2.05, 4.69) is 0 Å². The first-order valence-corrected chi connectivity index (χ1v) is 4.61. The Morgan fingerprint density at radius 1 is 1.44 bits per heavy atom. The maximum atomic E-state index is 9.90. The van der Waals surface area contributed by atoms with E-state index in [-0.39, 0.29) is 0 Å². The van der Waals surface area contributed by atoms with Crippen molar-refractivity contribution in [2.45, 2.75) is 6.92 Å². The first kappa shape index (κ1) is 8.84. The average Bonchev–Trinajstić information content (AvgIpc) is 1.91. The van der Waals surface area contributed by atoms with Crippen LogP contribution in [0.3, 0.4) is 0 Å². The zero-order chi connectivity index (χ0) is 7.11. The van der Waals surface area contributed by atoms with E-state index < -0.39 is 0 Å².